The van der Waals surface area contributed by atoms with Crippen molar-refractivity contribution in [2.75, 3.05) is 19.0 Å². The molecule has 0 saturated carbocycles. The molecule has 1 aromatic rings. The van der Waals surface area contributed by atoms with Gasteiger partial charge in [-0.25, -0.2) is 9.18 Å². The summed E-state index contributed by atoms with van der Waals surface area (Å²) in [5, 5.41) is -0.281. The van der Waals surface area contributed by atoms with Gasteiger partial charge in [0.05, 0.1) is 0 Å². The fourth-order valence-electron chi connectivity index (χ4n) is 2.61. The number of nitrogens with zero attached hydrogens (tertiary/aromatic N) is 1. The number of halogens is 2. The van der Waals surface area contributed by atoms with Crippen molar-refractivity contribution < 1.29 is 23.5 Å². The molecule has 1 fully saturated rings. The van der Waals surface area contributed by atoms with Gasteiger partial charge >= 0.3 is 5.97 Å². The maximum Gasteiger partial charge on any atom is 0.355 e. The SMILES string of the molecule is C=CCOC(=O)C1=C(COc2cccc(F)c2)CS[C@H]2C(N)C(=O)N12.Cl. The molecule has 2 aliphatic rings. The van der Waals surface area contributed by atoms with Gasteiger partial charge in [-0.1, -0.05) is 18.7 Å². The average molecular weight is 401 g/mol. The fourth-order valence-corrected chi connectivity index (χ4v) is 3.88. The van der Waals surface area contributed by atoms with Crippen LogP contribution in [0.25, 0.3) is 0 Å². The molecular weight excluding hydrogens is 383 g/mol. The molecule has 0 spiro atoms. The number of ether oxygens (including phenoxy) is 2. The van der Waals surface area contributed by atoms with Crippen LogP contribution in [-0.2, 0) is 14.3 Å². The minimum absolute atomic E-state index is 0. The molecule has 140 valence electrons. The van der Waals surface area contributed by atoms with Crippen molar-refractivity contribution in [1.29, 1.82) is 0 Å². The van der Waals surface area contributed by atoms with E-state index in [2.05, 4.69) is 6.58 Å². The van der Waals surface area contributed by atoms with Crippen LogP contribution in [-0.4, -0.2) is 47.2 Å². The summed E-state index contributed by atoms with van der Waals surface area (Å²) in [7, 11) is 0. The Morgan fingerprint density at radius 3 is 2.96 bits per heavy atom. The maximum atomic E-state index is 13.2. The first-order valence-electron chi connectivity index (χ1n) is 7.61. The van der Waals surface area contributed by atoms with Gasteiger partial charge in [0.2, 0.25) is 5.91 Å². The molecule has 1 amide bonds. The molecule has 3 rings (SSSR count). The van der Waals surface area contributed by atoms with Gasteiger partial charge in [0.25, 0.3) is 0 Å². The minimum atomic E-state index is -0.627. The van der Waals surface area contributed by atoms with E-state index in [4.69, 9.17) is 15.2 Å². The van der Waals surface area contributed by atoms with Gasteiger partial charge in [0, 0.05) is 17.4 Å². The van der Waals surface area contributed by atoms with Crippen LogP contribution in [0.15, 0.2) is 48.2 Å². The topological polar surface area (TPSA) is 81.9 Å². The Morgan fingerprint density at radius 2 is 2.27 bits per heavy atom. The van der Waals surface area contributed by atoms with E-state index in [1.54, 1.807) is 6.07 Å². The van der Waals surface area contributed by atoms with Crippen LogP contribution in [0.2, 0.25) is 0 Å². The first kappa shape index (κ1) is 20.3. The summed E-state index contributed by atoms with van der Waals surface area (Å²) in [6.45, 7) is 3.57. The zero-order valence-corrected chi connectivity index (χ0v) is 15.4. The standard InChI is InChI=1S/C17H17FN2O4S.ClH/c1-2-6-23-17(22)14-10(8-24-12-5-3-4-11(18)7-12)9-25-16-13(19)15(21)20(14)16;/h2-5,7,13,16H,1,6,8-9,19H2;1H/t13?,16-;/m0./s1. The van der Waals surface area contributed by atoms with Crippen molar-refractivity contribution in [3.63, 3.8) is 0 Å². The van der Waals surface area contributed by atoms with Crippen molar-refractivity contribution in [2.45, 2.75) is 11.4 Å². The number of benzene rings is 1. The third-order valence-electron chi connectivity index (χ3n) is 3.82. The molecule has 26 heavy (non-hydrogen) atoms. The molecule has 1 aromatic carbocycles. The molecule has 0 aromatic heterocycles. The second-order valence-electron chi connectivity index (χ2n) is 5.52. The molecule has 2 aliphatic heterocycles. The number of carbonyl (C=O) groups excluding carboxylic acids is 2. The van der Waals surface area contributed by atoms with Gasteiger partial charge in [0.1, 0.15) is 41.9 Å². The number of rotatable bonds is 6. The number of fused-ring (bicyclic) bond motifs is 1. The van der Waals surface area contributed by atoms with Crippen LogP contribution in [0.1, 0.15) is 0 Å². The van der Waals surface area contributed by atoms with Crippen LogP contribution in [0.4, 0.5) is 4.39 Å². The zero-order valence-electron chi connectivity index (χ0n) is 13.7. The highest BCUT2D eigenvalue weighted by atomic mass is 35.5. The Balaban J connectivity index is 0.00000243. The van der Waals surface area contributed by atoms with Crippen LogP contribution >= 0.6 is 24.2 Å². The molecule has 6 nitrogen and oxygen atoms in total. The molecule has 0 bridgehead atoms. The summed E-state index contributed by atoms with van der Waals surface area (Å²) in [5.74, 6) is -0.561. The Morgan fingerprint density at radius 1 is 1.50 bits per heavy atom. The first-order chi connectivity index (χ1) is 12.0. The summed E-state index contributed by atoms with van der Waals surface area (Å²) < 4.78 is 23.9. The number of esters is 1. The van der Waals surface area contributed by atoms with Gasteiger partial charge in [-0.05, 0) is 12.1 Å². The molecule has 1 saturated heterocycles. The third kappa shape index (κ3) is 3.87. The van der Waals surface area contributed by atoms with E-state index in [1.807, 2.05) is 0 Å². The molecule has 0 radical (unpaired) electrons. The molecule has 2 heterocycles. The van der Waals surface area contributed by atoms with Crippen molar-refractivity contribution in [3.05, 3.63) is 54.0 Å². The Hall–Kier alpha value is -2.03. The molecule has 9 heteroatoms. The Bertz CT molecular complexity index is 758. The molecule has 2 atom stereocenters. The van der Waals surface area contributed by atoms with Gasteiger partial charge < -0.3 is 15.2 Å². The fraction of sp³-hybridized carbons (Fsp3) is 0.294. The quantitative estimate of drug-likeness (QED) is 0.446. The molecule has 1 unspecified atom stereocenters. The summed E-state index contributed by atoms with van der Waals surface area (Å²) >= 11 is 1.46. The number of carbonyl (C=O) groups is 2. The third-order valence-corrected chi connectivity index (χ3v) is 5.18. The monoisotopic (exact) mass is 400 g/mol. The zero-order chi connectivity index (χ0) is 18.0. The van der Waals surface area contributed by atoms with E-state index in [0.29, 0.717) is 17.1 Å². The summed E-state index contributed by atoms with van der Waals surface area (Å²) in [5.41, 5.74) is 6.55. The number of β-lactam (4-membered cyclic amide) rings is 1. The van der Waals surface area contributed by atoms with Crippen molar-refractivity contribution in [2.24, 2.45) is 5.73 Å². The van der Waals surface area contributed by atoms with Crippen molar-refractivity contribution >= 4 is 36.0 Å². The number of hydrogen-bond donors (Lipinski definition) is 1. The minimum Gasteiger partial charge on any atom is -0.489 e. The highest BCUT2D eigenvalue weighted by Gasteiger charge is 2.52. The number of hydrogen-bond acceptors (Lipinski definition) is 6. The lowest BCUT2D eigenvalue weighted by molar-refractivity contribution is -0.150. The summed E-state index contributed by atoms with van der Waals surface area (Å²) in [6.07, 6.45) is 1.44. The maximum absolute atomic E-state index is 13.2. The van der Waals surface area contributed by atoms with Crippen LogP contribution in [0.3, 0.4) is 0 Å². The van der Waals surface area contributed by atoms with E-state index in [0.717, 1.165) is 0 Å². The van der Waals surface area contributed by atoms with Crippen LogP contribution in [0.5, 0.6) is 5.75 Å². The lowest BCUT2D eigenvalue weighted by atomic mass is 10.0. The van der Waals surface area contributed by atoms with Gasteiger partial charge in [-0.2, -0.15) is 0 Å². The van der Waals surface area contributed by atoms with E-state index in [9.17, 15) is 14.0 Å². The normalized spacial score (nSPS) is 21.3. The van der Waals surface area contributed by atoms with E-state index >= 15 is 0 Å². The van der Waals surface area contributed by atoms with E-state index in [1.165, 1.54) is 40.9 Å². The molecule has 0 aliphatic carbocycles. The number of amides is 1. The molecule has 2 N–H and O–H groups in total. The predicted octanol–water partition coefficient (Wildman–Crippen LogP) is 1.85. The highest BCUT2D eigenvalue weighted by Crippen LogP contribution is 2.39. The first-order valence-corrected chi connectivity index (χ1v) is 8.66. The second-order valence-corrected chi connectivity index (χ2v) is 6.63. The molecular formula is C17H18ClFN2O4S. The van der Waals surface area contributed by atoms with Gasteiger partial charge in [0.15, 0.2) is 0 Å². The predicted molar refractivity (Wildman–Crippen MR) is 98.4 cm³/mol. The lowest BCUT2D eigenvalue weighted by Gasteiger charge is -2.48. The van der Waals surface area contributed by atoms with Gasteiger partial charge in [-0.3, -0.25) is 9.69 Å². The van der Waals surface area contributed by atoms with Gasteiger partial charge in [-0.15, -0.1) is 24.2 Å². The smallest absolute Gasteiger partial charge is 0.355 e. The number of thioether (sulfide) groups is 1. The lowest BCUT2D eigenvalue weighted by Crippen LogP contribution is -2.68. The van der Waals surface area contributed by atoms with E-state index in [-0.39, 0.29) is 42.6 Å². The largest absolute Gasteiger partial charge is 0.489 e. The van der Waals surface area contributed by atoms with Crippen LogP contribution < -0.4 is 10.5 Å². The van der Waals surface area contributed by atoms with Crippen LogP contribution in [0, 0.1) is 5.82 Å². The summed E-state index contributed by atoms with van der Waals surface area (Å²) in [6, 6.07) is 5.08. The second kappa shape index (κ2) is 8.57. The Kier molecular flexibility index (Phi) is 6.69. The summed E-state index contributed by atoms with van der Waals surface area (Å²) in [4.78, 5) is 25.8. The van der Waals surface area contributed by atoms with E-state index < -0.39 is 17.8 Å². The Labute approximate surface area is 160 Å². The van der Waals surface area contributed by atoms with Crippen molar-refractivity contribution in [1.82, 2.24) is 4.90 Å². The average Bonchev–Trinajstić information content (AvgIpc) is 2.63. The van der Waals surface area contributed by atoms with Crippen molar-refractivity contribution in [3.8, 4) is 5.75 Å². The highest BCUT2D eigenvalue weighted by molar-refractivity contribution is 8.00. The number of nitrogens with two attached hydrogens (primary N) is 1.